The molecule has 1 heterocycles. The Balaban J connectivity index is 2.03. The second-order valence-electron chi connectivity index (χ2n) is 5.03. The van der Waals surface area contributed by atoms with Crippen LogP contribution in [0, 0.1) is 0 Å². The van der Waals surface area contributed by atoms with Gasteiger partial charge in [0.05, 0.1) is 5.60 Å². The van der Waals surface area contributed by atoms with Crippen LogP contribution < -0.4 is 10.6 Å². The molecule has 0 unspecified atom stereocenters. The van der Waals surface area contributed by atoms with Crippen LogP contribution in [-0.4, -0.2) is 61.4 Å². The predicted molar refractivity (Wildman–Crippen MR) is 72.3 cm³/mol. The van der Waals surface area contributed by atoms with E-state index in [1.807, 2.05) is 0 Å². The van der Waals surface area contributed by atoms with Crippen LogP contribution in [0.3, 0.4) is 0 Å². The van der Waals surface area contributed by atoms with Gasteiger partial charge in [-0.3, -0.25) is 0 Å². The summed E-state index contributed by atoms with van der Waals surface area (Å²) >= 11 is 0. The fourth-order valence-corrected chi connectivity index (χ4v) is 2.36. The summed E-state index contributed by atoms with van der Waals surface area (Å²) in [5.41, 5.74) is -0.472. The van der Waals surface area contributed by atoms with Crippen LogP contribution in [0.25, 0.3) is 0 Å². The second-order valence-corrected chi connectivity index (χ2v) is 5.03. The zero-order chi connectivity index (χ0) is 12.6. The van der Waals surface area contributed by atoms with E-state index in [4.69, 9.17) is 0 Å². The molecule has 1 rings (SSSR count). The van der Waals surface area contributed by atoms with E-state index in [1.165, 1.54) is 0 Å². The molecule has 0 aromatic heterocycles. The van der Waals surface area contributed by atoms with Crippen molar-refractivity contribution in [1.82, 2.24) is 15.5 Å². The third-order valence-corrected chi connectivity index (χ3v) is 3.71. The SMILES string of the molecule is CCN(CC)CCCNCC1(O)CCNCC1. The summed E-state index contributed by atoms with van der Waals surface area (Å²) in [5, 5.41) is 16.9. The fourth-order valence-electron chi connectivity index (χ4n) is 2.36. The molecule has 102 valence electrons. The topological polar surface area (TPSA) is 47.5 Å². The van der Waals surface area contributed by atoms with Crippen molar-refractivity contribution in [2.45, 2.75) is 38.7 Å². The molecule has 0 atom stereocenters. The number of hydrogen-bond acceptors (Lipinski definition) is 4. The van der Waals surface area contributed by atoms with Crippen molar-refractivity contribution < 1.29 is 5.11 Å². The van der Waals surface area contributed by atoms with Crippen LogP contribution in [-0.2, 0) is 0 Å². The van der Waals surface area contributed by atoms with Gasteiger partial charge < -0.3 is 20.6 Å². The lowest BCUT2D eigenvalue weighted by atomic mass is 9.92. The molecular weight excluding hydrogens is 214 g/mol. The zero-order valence-corrected chi connectivity index (χ0v) is 11.5. The number of nitrogens with zero attached hydrogens (tertiary/aromatic N) is 1. The van der Waals surface area contributed by atoms with Crippen molar-refractivity contribution >= 4 is 0 Å². The van der Waals surface area contributed by atoms with Gasteiger partial charge in [-0.25, -0.2) is 0 Å². The molecule has 0 saturated carbocycles. The molecule has 0 aliphatic carbocycles. The van der Waals surface area contributed by atoms with Crippen LogP contribution in [0.1, 0.15) is 33.1 Å². The lowest BCUT2D eigenvalue weighted by molar-refractivity contribution is 0.0112. The summed E-state index contributed by atoms with van der Waals surface area (Å²) < 4.78 is 0. The largest absolute Gasteiger partial charge is 0.388 e. The standard InChI is InChI=1S/C13H29N3O/c1-3-16(4-2)11-5-8-15-12-13(17)6-9-14-10-7-13/h14-15,17H,3-12H2,1-2H3. The molecule has 0 aromatic carbocycles. The first-order valence-corrected chi connectivity index (χ1v) is 7.06. The highest BCUT2D eigenvalue weighted by Gasteiger charge is 2.28. The van der Waals surface area contributed by atoms with Crippen molar-refractivity contribution in [2.75, 3.05) is 45.8 Å². The van der Waals surface area contributed by atoms with Gasteiger partial charge in [-0.2, -0.15) is 0 Å². The Bertz CT molecular complexity index is 189. The van der Waals surface area contributed by atoms with Crippen LogP contribution in [0.5, 0.6) is 0 Å². The van der Waals surface area contributed by atoms with Crippen molar-refractivity contribution in [3.8, 4) is 0 Å². The maximum absolute atomic E-state index is 10.3. The number of rotatable bonds is 8. The Morgan fingerprint density at radius 2 is 1.88 bits per heavy atom. The molecule has 4 nitrogen and oxygen atoms in total. The molecule has 0 radical (unpaired) electrons. The lowest BCUT2D eigenvalue weighted by Crippen LogP contribution is -2.48. The molecule has 0 bridgehead atoms. The quantitative estimate of drug-likeness (QED) is 0.541. The molecule has 1 aliphatic rings. The first kappa shape index (κ1) is 14.9. The van der Waals surface area contributed by atoms with E-state index in [2.05, 4.69) is 29.4 Å². The Hall–Kier alpha value is -0.160. The van der Waals surface area contributed by atoms with E-state index in [9.17, 15) is 5.11 Å². The van der Waals surface area contributed by atoms with Gasteiger partial charge in [0.15, 0.2) is 0 Å². The van der Waals surface area contributed by atoms with Gasteiger partial charge in [0.25, 0.3) is 0 Å². The molecule has 1 saturated heterocycles. The molecule has 1 fully saturated rings. The molecular formula is C13H29N3O. The van der Waals surface area contributed by atoms with Crippen molar-refractivity contribution in [3.63, 3.8) is 0 Å². The van der Waals surface area contributed by atoms with E-state index in [0.717, 1.165) is 65.1 Å². The molecule has 0 spiro atoms. The average molecular weight is 243 g/mol. The minimum absolute atomic E-state index is 0.472. The third-order valence-electron chi connectivity index (χ3n) is 3.71. The van der Waals surface area contributed by atoms with Gasteiger partial charge in [0, 0.05) is 6.54 Å². The van der Waals surface area contributed by atoms with Gasteiger partial charge in [-0.15, -0.1) is 0 Å². The predicted octanol–water partition coefficient (Wildman–Crippen LogP) is 0.422. The maximum Gasteiger partial charge on any atom is 0.0795 e. The van der Waals surface area contributed by atoms with Crippen LogP contribution >= 0.6 is 0 Å². The van der Waals surface area contributed by atoms with E-state index in [-0.39, 0.29) is 0 Å². The van der Waals surface area contributed by atoms with E-state index in [0.29, 0.717) is 0 Å². The first-order valence-electron chi connectivity index (χ1n) is 7.06. The summed E-state index contributed by atoms with van der Waals surface area (Å²) in [6.07, 6.45) is 2.90. The monoisotopic (exact) mass is 243 g/mol. The molecule has 0 amide bonds. The summed E-state index contributed by atoms with van der Waals surface area (Å²) in [6.45, 7) is 11.5. The summed E-state index contributed by atoms with van der Waals surface area (Å²) in [4.78, 5) is 2.43. The van der Waals surface area contributed by atoms with Crippen LogP contribution in [0.15, 0.2) is 0 Å². The lowest BCUT2D eigenvalue weighted by Gasteiger charge is -2.32. The summed E-state index contributed by atoms with van der Waals surface area (Å²) in [7, 11) is 0. The van der Waals surface area contributed by atoms with Crippen LogP contribution in [0.4, 0.5) is 0 Å². The maximum atomic E-state index is 10.3. The van der Waals surface area contributed by atoms with Crippen molar-refractivity contribution in [3.05, 3.63) is 0 Å². The average Bonchev–Trinajstić information content (AvgIpc) is 2.35. The zero-order valence-electron chi connectivity index (χ0n) is 11.5. The third kappa shape index (κ3) is 5.82. The van der Waals surface area contributed by atoms with E-state index in [1.54, 1.807) is 0 Å². The minimum Gasteiger partial charge on any atom is -0.388 e. The Morgan fingerprint density at radius 1 is 1.24 bits per heavy atom. The summed E-state index contributed by atoms with van der Waals surface area (Å²) in [6, 6.07) is 0. The Morgan fingerprint density at radius 3 is 2.47 bits per heavy atom. The first-order chi connectivity index (χ1) is 8.20. The second kappa shape index (κ2) is 8.03. The molecule has 1 aliphatic heterocycles. The smallest absolute Gasteiger partial charge is 0.0795 e. The highest BCUT2D eigenvalue weighted by molar-refractivity contribution is 4.86. The van der Waals surface area contributed by atoms with Gasteiger partial charge in [-0.05, 0) is 58.5 Å². The van der Waals surface area contributed by atoms with Crippen LogP contribution in [0.2, 0.25) is 0 Å². The fraction of sp³-hybridized carbons (Fsp3) is 1.00. The molecule has 17 heavy (non-hydrogen) atoms. The minimum atomic E-state index is -0.472. The van der Waals surface area contributed by atoms with Gasteiger partial charge in [0.1, 0.15) is 0 Å². The van der Waals surface area contributed by atoms with Crippen molar-refractivity contribution in [2.24, 2.45) is 0 Å². The Kier molecular flexibility index (Phi) is 7.04. The Labute approximate surface area is 106 Å². The molecule has 0 aromatic rings. The number of nitrogens with one attached hydrogen (secondary N) is 2. The van der Waals surface area contributed by atoms with E-state index >= 15 is 0 Å². The number of aliphatic hydroxyl groups is 1. The number of piperidine rings is 1. The molecule has 3 N–H and O–H groups in total. The van der Waals surface area contributed by atoms with Gasteiger partial charge in [-0.1, -0.05) is 13.8 Å². The number of hydrogen-bond donors (Lipinski definition) is 3. The summed E-state index contributed by atoms with van der Waals surface area (Å²) in [5.74, 6) is 0. The van der Waals surface area contributed by atoms with Gasteiger partial charge >= 0.3 is 0 Å². The van der Waals surface area contributed by atoms with Crippen molar-refractivity contribution in [1.29, 1.82) is 0 Å². The van der Waals surface area contributed by atoms with Gasteiger partial charge in [0.2, 0.25) is 0 Å². The highest BCUT2D eigenvalue weighted by Crippen LogP contribution is 2.16. The molecule has 4 heteroatoms. The normalized spacial score (nSPS) is 19.8. The van der Waals surface area contributed by atoms with E-state index < -0.39 is 5.60 Å². The highest BCUT2D eigenvalue weighted by atomic mass is 16.3.